The number of amides is 2. The van der Waals surface area contributed by atoms with Gasteiger partial charge in [0.15, 0.2) is 5.60 Å². The molecule has 0 aliphatic rings. The Bertz CT molecular complexity index is 501. The van der Waals surface area contributed by atoms with E-state index in [0.717, 1.165) is 0 Å². The van der Waals surface area contributed by atoms with E-state index < -0.39 is 48.7 Å². The smallest absolute Gasteiger partial charge is 0.336 e. The maximum absolute atomic E-state index is 11.9. The molecule has 2 amide bonds. The van der Waals surface area contributed by atoms with Crippen LogP contribution in [0.15, 0.2) is 0 Å². The van der Waals surface area contributed by atoms with Crippen LogP contribution in [0, 0.1) is 0 Å². The van der Waals surface area contributed by atoms with Crippen molar-refractivity contribution in [2.24, 2.45) is 0 Å². The van der Waals surface area contributed by atoms with Gasteiger partial charge in [-0.3, -0.25) is 9.59 Å². The molecule has 0 rings (SSSR count). The van der Waals surface area contributed by atoms with Crippen LogP contribution in [-0.2, 0) is 31.5 Å². The van der Waals surface area contributed by atoms with Gasteiger partial charge in [0.25, 0.3) is 0 Å². The first kappa shape index (κ1) is 30.8. The maximum Gasteiger partial charge on any atom is 0.336 e. The molecule has 14 heteroatoms. The minimum Gasteiger partial charge on any atom is -0.479 e. The Morgan fingerprint density at radius 2 is 1.20 bits per heavy atom. The quantitative estimate of drug-likeness (QED) is 0.0540. The van der Waals surface area contributed by atoms with Crippen LogP contribution in [0.3, 0.4) is 0 Å². The van der Waals surface area contributed by atoms with E-state index in [2.05, 4.69) is 10.6 Å². The molecule has 2 atom stereocenters. The normalized spacial score (nSPS) is 15.1. The maximum atomic E-state index is 11.9. The molecule has 13 nitrogen and oxygen atoms in total. The third-order valence-electron chi connectivity index (χ3n) is 3.94. The Morgan fingerprint density at radius 1 is 0.867 bits per heavy atom. The third kappa shape index (κ3) is 13.1. The van der Waals surface area contributed by atoms with Gasteiger partial charge in [-0.2, -0.15) is 10.1 Å². The van der Waals surface area contributed by atoms with Gasteiger partial charge in [-0.25, -0.2) is 4.79 Å². The number of carboxylic acid groups (broad SMARTS) is 1. The van der Waals surface area contributed by atoms with Crippen LogP contribution in [0.2, 0.25) is 0 Å². The molecule has 0 aromatic heterocycles. The number of nitrogens with zero attached hydrogens (tertiary/aromatic N) is 2. The molecule has 178 valence electrons. The number of nitrogens with one attached hydrogen (secondary N) is 2. The summed E-state index contributed by atoms with van der Waals surface area (Å²) in [6, 6.07) is 0. The molecule has 0 saturated carbocycles. The molecule has 0 radical (unpaired) electrons. The SMILES string of the molecule is CC(O)N(O)CCCNC(=O)CC(O)(CC(=O)NCCCN(O)C(C)O)C(=O)O.[Fe]. The fraction of sp³-hybridized carbons (Fsp3) is 0.812. The van der Waals surface area contributed by atoms with E-state index in [1.165, 1.54) is 13.8 Å². The van der Waals surface area contributed by atoms with Gasteiger partial charge in [-0.15, -0.1) is 0 Å². The van der Waals surface area contributed by atoms with Crippen LogP contribution < -0.4 is 10.6 Å². The molecule has 0 aliphatic heterocycles. The topological polar surface area (TPSA) is 203 Å². The van der Waals surface area contributed by atoms with Crippen LogP contribution in [0.4, 0.5) is 0 Å². The van der Waals surface area contributed by atoms with Crippen LogP contribution in [0.1, 0.15) is 39.5 Å². The summed E-state index contributed by atoms with van der Waals surface area (Å²) < 4.78 is 0. The predicted molar refractivity (Wildman–Crippen MR) is 97.4 cm³/mol. The van der Waals surface area contributed by atoms with Gasteiger partial charge < -0.3 is 41.5 Å². The molecule has 0 heterocycles. The molecule has 0 saturated heterocycles. The van der Waals surface area contributed by atoms with Crippen LogP contribution >= 0.6 is 0 Å². The van der Waals surface area contributed by atoms with Crippen molar-refractivity contribution in [2.45, 2.75) is 57.6 Å². The Labute approximate surface area is 185 Å². The first-order valence-electron chi connectivity index (χ1n) is 9.15. The first-order chi connectivity index (χ1) is 13.4. The van der Waals surface area contributed by atoms with Crippen LogP contribution in [-0.4, -0.2) is 103 Å². The molecule has 0 aliphatic carbocycles. The van der Waals surface area contributed by atoms with E-state index >= 15 is 0 Å². The predicted octanol–water partition coefficient (Wildman–Crippen LogP) is -2.35. The molecule has 30 heavy (non-hydrogen) atoms. The summed E-state index contributed by atoms with van der Waals surface area (Å²) in [5.41, 5.74) is -2.60. The number of aliphatic carboxylic acids is 1. The molecular weight excluding hydrogens is 448 g/mol. The second-order valence-corrected chi connectivity index (χ2v) is 6.69. The molecule has 0 aromatic carbocycles. The number of hydrogen-bond acceptors (Lipinski definition) is 10. The zero-order chi connectivity index (χ0) is 22.6. The first-order valence-corrected chi connectivity index (χ1v) is 9.15. The Balaban J connectivity index is 0. The molecule has 0 aromatic rings. The summed E-state index contributed by atoms with van der Waals surface area (Å²) in [5, 5.41) is 62.1. The third-order valence-corrected chi connectivity index (χ3v) is 3.94. The van der Waals surface area contributed by atoms with Crippen LogP contribution in [0.5, 0.6) is 0 Å². The minimum atomic E-state index is -2.60. The standard InChI is InChI=1S/C16H32N4O9.Fe/c1-11(21)19(28)7-3-5-17-13(23)9-16(27,15(25)26)10-14(24)18-6-4-8-20(29)12(2)22;/h11-12,21-22,27-29H,3-10H2,1-2H3,(H,17,23)(H,18,24)(H,25,26);. The van der Waals surface area contributed by atoms with Crippen molar-refractivity contribution < 1.29 is 62.3 Å². The number of aliphatic hydroxyl groups excluding tert-OH is 2. The number of hydrogen-bond donors (Lipinski definition) is 8. The van der Waals surface area contributed by atoms with Crippen molar-refractivity contribution in [1.82, 2.24) is 20.8 Å². The number of carboxylic acids is 1. The molecular formula is C16H32FeN4O9. The molecule has 2 unspecified atom stereocenters. The van der Waals surface area contributed by atoms with Crippen molar-refractivity contribution in [3.05, 3.63) is 0 Å². The average molecular weight is 480 g/mol. The van der Waals surface area contributed by atoms with Crippen molar-refractivity contribution in [2.75, 3.05) is 26.2 Å². The number of hydroxylamine groups is 4. The van der Waals surface area contributed by atoms with E-state index in [-0.39, 0.29) is 56.1 Å². The number of aliphatic hydroxyl groups is 3. The van der Waals surface area contributed by atoms with Gasteiger partial charge in [-0.05, 0) is 26.7 Å². The summed E-state index contributed by atoms with van der Waals surface area (Å²) in [5.74, 6) is -3.32. The van der Waals surface area contributed by atoms with E-state index in [1.807, 2.05) is 0 Å². The summed E-state index contributed by atoms with van der Waals surface area (Å²) >= 11 is 0. The molecule has 8 N–H and O–H groups in total. The average Bonchev–Trinajstić information content (AvgIpc) is 2.61. The number of carbonyl (C=O) groups excluding carboxylic acids is 2. The number of rotatable bonds is 15. The van der Waals surface area contributed by atoms with Crippen molar-refractivity contribution >= 4 is 17.8 Å². The van der Waals surface area contributed by atoms with E-state index in [1.54, 1.807) is 0 Å². The van der Waals surface area contributed by atoms with Gasteiger partial charge in [-0.1, -0.05) is 0 Å². The number of carbonyl (C=O) groups is 3. The fourth-order valence-electron chi connectivity index (χ4n) is 2.18. The van der Waals surface area contributed by atoms with Crippen molar-refractivity contribution in [3.8, 4) is 0 Å². The largest absolute Gasteiger partial charge is 0.479 e. The van der Waals surface area contributed by atoms with Gasteiger partial charge in [0.1, 0.15) is 12.5 Å². The van der Waals surface area contributed by atoms with E-state index in [9.17, 15) is 35.0 Å². The second-order valence-electron chi connectivity index (χ2n) is 6.69. The second kappa shape index (κ2) is 15.5. The minimum absolute atomic E-state index is 0. The van der Waals surface area contributed by atoms with Gasteiger partial charge >= 0.3 is 5.97 Å². The zero-order valence-corrected chi connectivity index (χ0v) is 18.1. The van der Waals surface area contributed by atoms with Gasteiger partial charge in [0, 0.05) is 43.2 Å². The van der Waals surface area contributed by atoms with Gasteiger partial charge in [0.05, 0.1) is 12.8 Å². The summed E-state index contributed by atoms with van der Waals surface area (Å²) in [4.78, 5) is 35.1. The summed E-state index contributed by atoms with van der Waals surface area (Å²) in [6.45, 7) is 2.94. The van der Waals surface area contributed by atoms with E-state index in [4.69, 9.17) is 10.2 Å². The van der Waals surface area contributed by atoms with E-state index in [0.29, 0.717) is 10.1 Å². The van der Waals surface area contributed by atoms with Crippen molar-refractivity contribution in [1.29, 1.82) is 0 Å². The molecule has 0 bridgehead atoms. The zero-order valence-electron chi connectivity index (χ0n) is 17.0. The van der Waals surface area contributed by atoms with Crippen molar-refractivity contribution in [3.63, 3.8) is 0 Å². The van der Waals surface area contributed by atoms with Gasteiger partial charge in [0.2, 0.25) is 11.8 Å². The summed E-state index contributed by atoms with van der Waals surface area (Å²) in [7, 11) is 0. The Morgan fingerprint density at radius 3 is 1.47 bits per heavy atom. The fourth-order valence-corrected chi connectivity index (χ4v) is 2.18. The molecule has 0 spiro atoms. The monoisotopic (exact) mass is 480 g/mol. The Hall–Kier alpha value is -1.35. The summed E-state index contributed by atoms with van der Waals surface area (Å²) in [6.07, 6.45) is -3.33. The Kier molecular flexibility index (Phi) is 15.9. The van der Waals surface area contributed by atoms with Crippen LogP contribution in [0.25, 0.3) is 0 Å². The molecule has 0 fully saturated rings.